The summed E-state index contributed by atoms with van der Waals surface area (Å²) in [5.41, 5.74) is 22.9. The molecule has 11 aromatic carbocycles. The molecule has 0 saturated heterocycles. The zero-order valence-electron chi connectivity index (χ0n) is 45.1. The summed E-state index contributed by atoms with van der Waals surface area (Å²) in [5, 5.41) is 10.3. The van der Waals surface area contributed by atoms with Gasteiger partial charge in [-0.05, 0) is 173 Å². The highest BCUT2D eigenvalue weighted by atomic mass is 15.0. The molecule has 0 unspecified atom stereocenters. The molecule has 76 heavy (non-hydrogen) atoms. The van der Waals surface area contributed by atoms with E-state index in [1.165, 1.54) is 143 Å². The van der Waals surface area contributed by atoms with Crippen LogP contribution in [0.2, 0.25) is 0 Å². The second kappa shape index (κ2) is 18.1. The molecule has 2 heteroatoms. The van der Waals surface area contributed by atoms with E-state index in [0.717, 1.165) is 13.1 Å². The molecule has 0 aliphatic carbocycles. The average molecular weight is 981 g/mol. The zero-order chi connectivity index (χ0) is 52.0. The highest BCUT2D eigenvalue weighted by Gasteiger charge is 2.21. The number of benzene rings is 11. The van der Waals surface area contributed by atoms with Crippen molar-refractivity contribution in [3.05, 3.63) is 230 Å². The van der Waals surface area contributed by atoms with Crippen molar-refractivity contribution in [1.82, 2.24) is 9.13 Å². The van der Waals surface area contributed by atoms with E-state index in [4.69, 9.17) is 0 Å². The first-order valence-electron chi connectivity index (χ1n) is 27.3. The Morgan fingerprint density at radius 2 is 0.487 bits per heavy atom. The maximum absolute atomic E-state index is 2.45. The number of fused-ring (bicyclic) bond motifs is 8. The lowest BCUT2D eigenvalue weighted by Crippen LogP contribution is -2.10. The van der Waals surface area contributed by atoms with E-state index in [0.29, 0.717) is 0 Å². The molecule has 2 nitrogen and oxygen atoms in total. The van der Waals surface area contributed by atoms with Gasteiger partial charge in [-0.1, -0.05) is 211 Å². The average Bonchev–Trinajstić information content (AvgIpc) is 4.00. The quantitative estimate of drug-likeness (QED) is 0.134. The third-order valence-corrected chi connectivity index (χ3v) is 16.5. The molecule has 0 spiro atoms. The molecule has 0 saturated carbocycles. The predicted octanol–water partition coefficient (Wildman–Crippen LogP) is 20.8. The molecular formula is C74H64N2. The van der Waals surface area contributed by atoms with Gasteiger partial charge in [0.05, 0.1) is 0 Å². The van der Waals surface area contributed by atoms with Crippen LogP contribution in [0, 0.1) is 0 Å². The number of nitrogens with zero attached hydrogens (tertiary/aromatic N) is 2. The van der Waals surface area contributed by atoms with Crippen LogP contribution < -0.4 is 0 Å². The normalized spacial score (nSPS) is 12.3. The van der Waals surface area contributed by atoms with Crippen molar-refractivity contribution in [1.29, 1.82) is 0 Å². The number of aryl methyl sites for hydroxylation is 2. The maximum Gasteiger partial charge on any atom is 0.0491 e. The lowest BCUT2D eigenvalue weighted by molar-refractivity contribution is 0.591. The van der Waals surface area contributed by atoms with Gasteiger partial charge in [-0.15, -0.1) is 0 Å². The Morgan fingerprint density at radius 3 is 0.763 bits per heavy atom. The molecule has 0 aliphatic heterocycles. The van der Waals surface area contributed by atoms with Crippen LogP contribution in [0.5, 0.6) is 0 Å². The molecule has 0 bridgehead atoms. The van der Waals surface area contributed by atoms with Crippen LogP contribution in [0.25, 0.3) is 132 Å². The van der Waals surface area contributed by atoms with Crippen LogP contribution in [0.3, 0.4) is 0 Å². The summed E-state index contributed by atoms with van der Waals surface area (Å²) in [6, 6.07) is 82.6. The Labute approximate surface area is 447 Å². The fourth-order valence-corrected chi connectivity index (χ4v) is 12.3. The van der Waals surface area contributed by atoms with E-state index >= 15 is 0 Å². The van der Waals surface area contributed by atoms with Gasteiger partial charge in [-0.3, -0.25) is 0 Å². The van der Waals surface area contributed by atoms with Crippen molar-refractivity contribution in [2.45, 2.75) is 79.3 Å². The molecule has 370 valence electrons. The molecule has 0 aliphatic rings. The van der Waals surface area contributed by atoms with E-state index in [1.54, 1.807) is 0 Å². The monoisotopic (exact) mass is 981 g/mol. The van der Waals surface area contributed by atoms with Crippen LogP contribution in [0.4, 0.5) is 0 Å². The van der Waals surface area contributed by atoms with Crippen molar-refractivity contribution in [3.8, 4) is 66.8 Å². The minimum Gasteiger partial charge on any atom is -0.341 e. The minimum absolute atomic E-state index is 0.0901. The number of aromatic nitrogens is 2. The van der Waals surface area contributed by atoms with Gasteiger partial charge in [0, 0.05) is 56.7 Å². The Kier molecular flexibility index (Phi) is 11.3. The Hall–Kier alpha value is -8.46. The van der Waals surface area contributed by atoms with Gasteiger partial charge in [0.2, 0.25) is 0 Å². The van der Waals surface area contributed by atoms with Crippen LogP contribution in [0.15, 0.2) is 218 Å². The fraction of sp³-hybridized carbons (Fsp3) is 0.162. The lowest BCUT2D eigenvalue weighted by Gasteiger charge is -2.19. The standard InChI is InChI=1S/C74H64N2/c1-9-75-67-39-35-55(43-63(67)65-45-57(73(3,4)5)37-41-69(65)75)51-23-19-47(20-24-51)49-27-31-53(32-28-49)71-59-15-11-13-17-61(59)72(62-18-14-12-16-60(62)71)54-33-29-50(30-34-54)48-21-25-52(26-22-48)56-36-40-68-64(44-56)66-46-58(74(6,7)8)38-42-70(66)76(68)10-2/h11-46H,9-10H2,1-8H3. The molecule has 2 heterocycles. The summed E-state index contributed by atoms with van der Waals surface area (Å²) >= 11 is 0. The van der Waals surface area contributed by atoms with Crippen molar-refractivity contribution in [2.75, 3.05) is 0 Å². The third kappa shape index (κ3) is 7.93. The second-order valence-electron chi connectivity index (χ2n) is 23.1. The molecule has 0 radical (unpaired) electrons. The van der Waals surface area contributed by atoms with Gasteiger partial charge in [0.1, 0.15) is 0 Å². The second-order valence-corrected chi connectivity index (χ2v) is 23.1. The summed E-state index contributed by atoms with van der Waals surface area (Å²) < 4.78 is 4.89. The summed E-state index contributed by atoms with van der Waals surface area (Å²) in [6.07, 6.45) is 0. The molecule has 2 aromatic heterocycles. The van der Waals surface area contributed by atoms with Crippen LogP contribution in [-0.4, -0.2) is 9.13 Å². The lowest BCUT2D eigenvalue weighted by atomic mass is 9.85. The topological polar surface area (TPSA) is 9.86 Å². The van der Waals surface area contributed by atoms with Gasteiger partial charge >= 0.3 is 0 Å². The zero-order valence-corrected chi connectivity index (χ0v) is 45.1. The van der Waals surface area contributed by atoms with E-state index in [-0.39, 0.29) is 10.8 Å². The number of hydrogen-bond acceptors (Lipinski definition) is 0. The molecule has 0 atom stereocenters. The molecule has 0 fully saturated rings. The molecule has 0 amide bonds. The fourth-order valence-electron chi connectivity index (χ4n) is 12.3. The van der Waals surface area contributed by atoms with Crippen molar-refractivity contribution >= 4 is 65.2 Å². The Bertz CT molecular complexity index is 4030. The van der Waals surface area contributed by atoms with E-state index in [2.05, 4.69) is 283 Å². The van der Waals surface area contributed by atoms with Crippen LogP contribution in [-0.2, 0) is 23.9 Å². The molecular weight excluding hydrogens is 917 g/mol. The van der Waals surface area contributed by atoms with E-state index < -0.39 is 0 Å². The molecule has 0 N–H and O–H groups in total. The summed E-state index contributed by atoms with van der Waals surface area (Å²) in [6.45, 7) is 20.2. The van der Waals surface area contributed by atoms with Gasteiger partial charge in [-0.2, -0.15) is 0 Å². The van der Waals surface area contributed by atoms with Crippen molar-refractivity contribution in [3.63, 3.8) is 0 Å². The number of rotatable bonds is 8. The minimum atomic E-state index is 0.0901. The highest BCUT2D eigenvalue weighted by Crippen LogP contribution is 2.45. The number of hydrogen-bond donors (Lipinski definition) is 0. The van der Waals surface area contributed by atoms with Crippen molar-refractivity contribution in [2.24, 2.45) is 0 Å². The van der Waals surface area contributed by atoms with E-state index in [9.17, 15) is 0 Å². The molecule has 13 aromatic rings. The summed E-state index contributed by atoms with van der Waals surface area (Å²) in [7, 11) is 0. The van der Waals surface area contributed by atoms with E-state index in [1.807, 2.05) is 0 Å². The summed E-state index contributed by atoms with van der Waals surface area (Å²) in [5.74, 6) is 0. The van der Waals surface area contributed by atoms with Gasteiger partial charge in [-0.25, -0.2) is 0 Å². The first kappa shape index (κ1) is 47.3. The summed E-state index contributed by atoms with van der Waals surface area (Å²) in [4.78, 5) is 0. The Balaban J connectivity index is 0.786. The van der Waals surface area contributed by atoms with Gasteiger partial charge in [0.25, 0.3) is 0 Å². The van der Waals surface area contributed by atoms with Crippen molar-refractivity contribution < 1.29 is 0 Å². The Morgan fingerprint density at radius 1 is 0.250 bits per heavy atom. The smallest absolute Gasteiger partial charge is 0.0491 e. The van der Waals surface area contributed by atoms with Crippen LogP contribution in [0.1, 0.15) is 66.5 Å². The first-order chi connectivity index (χ1) is 36.8. The third-order valence-electron chi connectivity index (χ3n) is 16.5. The largest absolute Gasteiger partial charge is 0.341 e. The van der Waals surface area contributed by atoms with Gasteiger partial charge in [0.15, 0.2) is 0 Å². The van der Waals surface area contributed by atoms with Gasteiger partial charge < -0.3 is 9.13 Å². The first-order valence-corrected chi connectivity index (χ1v) is 27.3. The highest BCUT2D eigenvalue weighted by molar-refractivity contribution is 6.21. The van der Waals surface area contributed by atoms with Crippen LogP contribution >= 0.6 is 0 Å². The maximum atomic E-state index is 2.45. The molecule has 13 rings (SSSR count). The SMILES string of the molecule is CCn1c2ccc(-c3ccc(-c4ccc(-c5c6ccccc6c(-c6ccc(-c7ccc(-c8ccc9c(c8)c8cc(C(C)(C)C)ccc8n9CC)cc7)cc6)c6ccccc56)cc4)cc3)cc2c2cc(C(C)(C)C)ccc21. The predicted molar refractivity (Wildman–Crippen MR) is 329 cm³/mol.